The first-order valence-corrected chi connectivity index (χ1v) is 8.40. The monoisotopic (exact) mass is 372 g/mol. The lowest BCUT2D eigenvalue weighted by molar-refractivity contribution is -0.123. The van der Waals surface area contributed by atoms with E-state index in [-0.39, 0.29) is 17.4 Å². The zero-order valence-electron chi connectivity index (χ0n) is 14.5. The summed E-state index contributed by atoms with van der Waals surface area (Å²) in [5, 5.41) is 2.36. The quantitative estimate of drug-likeness (QED) is 0.549. The van der Waals surface area contributed by atoms with E-state index in [1.165, 1.54) is 11.8 Å². The molecule has 0 radical (unpaired) electrons. The van der Waals surface area contributed by atoms with Crippen molar-refractivity contribution < 1.29 is 14.3 Å². The highest BCUT2D eigenvalue weighted by Crippen LogP contribution is 2.18. The Kier molecular flexibility index (Phi) is 7.04. The fourth-order valence-corrected chi connectivity index (χ4v) is 2.10. The van der Waals surface area contributed by atoms with Crippen molar-refractivity contribution in [2.75, 3.05) is 6.61 Å². The molecule has 0 unspecified atom stereocenters. The number of hydrogen-bond donors (Lipinski definition) is 3. The number of aromatic nitrogens is 1. The van der Waals surface area contributed by atoms with E-state index in [1.54, 1.807) is 18.2 Å². The predicted molar refractivity (Wildman–Crippen MR) is 102 cm³/mol. The van der Waals surface area contributed by atoms with E-state index in [1.807, 2.05) is 24.3 Å². The maximum absolute atomic E-state index is 11.8. The SMILES string of the molecule is CC(C)c1ccc(OCC(=O)NNC(=S)NC(=O)c2ccccn2)cc1. The Labute approximate surface area is 157 Å². The van der Waals surface area contributed by atoms with Gasteiger partial charge in [-0.1, -0.05) is 32.0 Å². The maximum atomic E-state index is 11.8. The number of thiocarbonyl (C=S) groups is 1. The normalized spacial score (nSPS) is 10.1. The summed E-state index contributed by atoms with van der Waals surface area (Å²) in [6, 6.07) is 12.5. The van der Waals surface area contributed by atoms with Gasteiger partial charge >= 0.3 is 0 Å². The number of nitrogens with zero attached hydrogens (tertiary/aromatic N) is 1. The van der Waals surface area contributed by atoms with Crippen LogP contribution in [0.3, 0.4) is 0 Å². The standard InChI is InChI=1S/C18H20N4O3S/c1-12(2)13-6-8-14(9-7-13)25-11-16(23)21-22-18(26)20-17(24)15-5-3-4-10-19-15/h3-10,12H,11H2,1-2H3,(H,21,23)(H2,20,22,24,26). The molecule has 1 aromatic carbocycles. The van der Waals surface area contributed by atoms with Gasteiger partial charge in [-0.15, -0.1) is 0 Å². The summed E-state index contributed by atoms with van der Waals surface area (Å²) in [6.45, 7) is 4.01. The number of ether oxygens (including phenoxy) is 1. The van der Waals surface area contributed by atoms with E-state index in [9.17, 15) is 9.59 Å². The highest BCUT2D eigenvalue weighted by Gasteiger charge is 2.09. The molecule has 0 aliphatic carbocycles. The zero-order chi connectivity index (χ0) is 18.9. The van der Waals surface area contributed by atoms with Gasteiger partial charge in [0.1, 0.15) is 11.4 Å². The summed E-state index contributed by atoms with van der Waals surface area (Å²) >= 11 is 4.94. The van der Waals surface area contributed by atoms with Crippen molar-refractivity contribution in [1.82, 2.24) is 21.2 Å². The Morgan fingerprint density at radius 2 is 1.85 bits per heavy atom. The molecule has 0 atom stereocenters. The van der Waals surface area contributed by atoms with Crippen molar-refractivity contribution >= 4 is 29.1 Å². The molecule has 8 heteroatoms. The molecule has 2 aromatic rings. The number of carbonyl (C=O) groups excluding carboxylic acids is 2. The lowest BCUT2D eigenvalue weighted by Crippen LogP contribution is -2.49. The largest absolute Gasteiger partial charge is 0.484 e. The van der Waals surface area contributed by atoms with E-state index in [0.717, 1.165) is 0 Å². The molecule has 2 amide bonds. The van der Waals surface area contributed by atoms with Crippen molar-refractivity contribution in [3.05, 3.63) is 59.9 Å². The first-order valence-electron chi connectivity index (χ1n) is 7.99. The molecular formula is C18H20N4O3S. The van der Waals surface area contributed by atoms with Gasteiger partial charge in [-0.25, -0.2) is 0 Å². The van der Waals surface area contributed by atoms with Gasteiger partial charge in [0.2, 0.25) is 0 Å². The first kappa shape index (κ1) is 19.3. The Balaban J connectivity index is 1.71. The van der Waals surface area contributed by atoms with Gasteiger partial charge in [-0.05, 0) is 48.0 Å². The van der Waals surface area contributed by atoms with E-state index in [0.29, 0.717) is 11.7 Å². The molecule has 0 fully saturated rings. The molecule has 7 nitrogen and oxygen atoms in total. The maximum Gasteiger partial charge on any atom is 0.276 e. The second kappa shape index (κ2) is 9.47. The smallest absolute Gasteiger partial charge is 0.276 e. The second-order valence-electron chi connectivity index (χ2n) is 5.68. The van der Waals surface area contributed by atoms with Gasteiger partial charge in [-0.3, -0.25) is 30.7 Å². The molecule has 2 rings (SSSR count). The molecule has 0 saturated carbocycles. The topological polar surface area (TPSA) is 92.4 Å². The van der Waals surface area contributed by atoms with Crippen LogP contribution in [0.5, 0.6) is 5.75 Å². The van der Waals surface area contributed by atoms with Crippen LogP contribution in [0.2, 0.25) is 0 Å². The number of hydrazine groups is 1. The molecule has 0 aliphatic heterocycles. The summed E-state index contributed by atoms with van der Waals surface area (Å²) in [5.41, 5.74) is 6.20. The minimum atomic E-state index is -0.473. The average Bonchev–Trinajstić information content (AvgIpc) is 2.65. The van der Waals surface area contributed by atoms with Gasteiger partial charge < -0.3 is 4.74 Å². The number of rotatable bonds is 5. The number of amides is 2. The van der Waals surface area contributed by atoms with E-state index >= 15 is 0 Å². The van der Waals surface area contributed by atoms with Crippen molar-refractivity contribution in [1.29, 1.82) is 0 Å². The fraction of sp³-hybridized carbons (Fsp3) is 0.222. The number of nitrogens with one attached hydrogen (secondary N) is 3. The van der Waals surface area contributed by atoms with Gasteiger partial charge in [0.25, 0.3) is 11.8 Å². The molecule has 1 heterocycles. The van der Waals surface area contributed by atoms with Crippen LogP contribution >= 0.6 is 12.2 Å². The Bertz CT molecular complexity index is 764. The third kappa shape index (κ3) is 6.14. The van der Waals surface area contributed by atoms with Gasteiger partial charge in [0.15, 0.2) is 11.7 Å². The number of benzene rings is 1. The van der Waals surface area contributed by atoms with Crippen molar-refractivity contribution in [3.8, 4) is 5.75 Å². The van der Waals surface area contributed by atoms with Crippen molar-refractivity contribution in [2.45, 2.75) is 19.8 Å². The Hall–Kier alpha value is -3.00. The van der Waals surface area contributed by atoms with Crippen LogP contribution < -0.4 is 20.9 Å². The summed E-state index contributed by atoms with van der Waals surface area (Å²) in [4.78, 5) is 27.5. The third-order valence-corrected chi connectivity index (χ3v) is 3.56. The van der Waals surface area contributed by atoms with Crippen molar-refractivity contribution in [3.63, 3.8) is 0 Å². The predicted octanol–water partition coefficient (Wildman–Crippen LogP) is 1.92. The molecule has 1 aromatic heterocycles. The van der Waals surface area contributed by atoms with Gasteiger partial charge in [0.05, 0.1) is 0 Å². The number of carbonyl (C=O) groups is 2. The van der Waals surface area contributed by atoms with Gasteiger partial charge in [0, 0.05) is 6.20 Å². The molecule has 26 heavy (non-hydrogen) atoms. The molecule has 3 N–H and O–H groups in total. The zero-order valence-corrected chi connectivity index (χ0v) is 15.3. The molecule has 0 spiro atoms. The molecule has 0 aliphatic rings. The minimum Gasteiger partial charge on any atom is -0.484 e. The molecule has 136 valence electrons. The molecule has 0 bridgehead atoms. The summed E-state index contributed by atoms with van der Waals surface area (Å²) in [6.07, 6.45) is 1.50. The highest BCUT2D eigenvalue weighted by atomic mass is 32.1. The first-order chi connectivity index (χ1) is 12.5. The lowest BCUT2D eigenvalue weighted by atomic mass is 10.0. The van der Waals surface area contributed by atoms with Crippen LogP contribution in [0.4, 0.5) is 0 Å². The lowest BCUT2D eigenvalue weighted by Gasteiger charge is -2.11. The van der Waals surface area contributed by atoms with E-state index < -0.39 is 11.8 Å². The third-order valence-electron chi connectivity index (χ3n) is 3.36. The van der Waals surface area contributed by atoms with Crippen LogP contribution in [-0.2, 0) is 4.79 Å². The highest BCUT2D eigenvalue weighted by molar-refractivity contribution is 7.80. The van der Waals surface area contributed by atoms with Crippen LogP contribution in [0, 0.1) is 0 Å². The van der Waals surface area contributed by atoms with E-state index in [4.69, 9.17) is 17.0 Å². The summed E-state index contributed by atoms with van der Waals surface area (Å²) in [5.74, 6) is 0.112. The summed E-state index contributed by atoms with van der Waals surface area (Å²) in [7, 11) is 0. The van der Waals surface area contributed by atoms with Crippen LogP contribution in [-0.4, -0.2) is 28.5 Å². The second-order valence-corrected chi connectivity index (χ2v) is 6.09. The van der Waals surface area contributed by atoms with Crippen LogP contribution in [0.25, 0.3) is 0 Å². The Morgan fingerprint density at radius 1 is 1.12 bits per heavy atom. The van der Waals surface area contributed by atoms with Crippen molar-refractivity contribution in [2.24, 2.45) is 0 Å². The van der Waals surface area contributed by atoms with E-state index in [2.05, 4.69) is 35.0 Å². The Morgan fingerprint density at radius 3 is 2.46 bits per heavy atom. The summed E-state index contributed by atoms with van der Waals surface area (Å²) < 4.78 is 5.39. The number of hydrogen-bond acceptors (Lipinski definition) is 5. The minimum absolute atomic E-state index is 0.0460. The van der Waals surface area contributed by atoms with Crippen LogP contribution in [0.1, 0.15) is 35.8 Å². The molecular weight excluding hydrogens is 352 g/mol. The number of pyridine rings is 1. The van der Waals surface area contributed by atoms with Crippen LogP contribution in [0.15, 0.2) is 48.7 Å². The molecule has 0 saturated heterocycles. The van der Waals surface area contributed by atoms with Gasteiger partial charge in [-0.2, -0.15) is 0 Å². The fourth-order valence-electron chi connectivity index (χ4n) is 1.96. The average molecular weight is 372 g/mol.